The van der Waals surface area contributed by atoms with E-state index in [9.17, 15) is 9.18 Å². The van der Waals surface area contributed by atoms with Crippen molar-refractivity contribution in [1.82, 2.24) is 9.38 Å². The lowest BCUT2D eigenvalue weighted by atomic mass is 10.4. The van der Waals surface area contributed by atoms with Gasteiger partial charge in [0.05, 0.1) is 6.20 Å². The molecule has 0 aliphatic carbocycles. The standard InChI is InChI=1S/C8H6FN3O/c9-5-1-2-12-6(8(10)13)4-11-7(12)3-5/h1-4H,(H2,10,13). The van der Waals surface area contributed by atoms with Gasteiger partial charge in [0.1, 0.15) is 17.2 Å². The summed E-state index contributed by atoms with van der Waals surface area (Å²) in [6.07, 6.45) is 2.73. The zero-order chi connectivity index (χ0) is 9.42. The highest BCUT2D eigenvalue weighted by atomic mass is 19.1. The molecule has 13 heavy (non-hydrogen) atoms. The van der Waals surface area contributed by atoms with Crippen molar-refractivity contribution in [3.8, 4) is 0 Å². The molecule has 0 aliphatic rings. The van der Waals surface area contributed by atoms with Crippen LogP contribution in [-0.4, -0.2) is 15.3 Å². The average molecular weight is 179 g/mol. The molecule has 0 saturated carbocycles. The van der Waals surface area contributed by atoms with Gasteiger partial charge >= 0.3 is 0 Å². The van der Waals surface area contributed by atoms with E-state index in [1.807, 2.05) is 0 Å². The van der Waals surface area contributed by atoms with Crippen LogP contribution in [-0.2, 0) is 0 Å². The van der Waals surface area contributed by atoms with E-state index in [0.717, 1.165) is 0 Å². The number of halogens is 1. The molecular formula is C8H6FN3O. The Morgan fingerprint density at radius 1 is 1.62 bits per heavy atom. The Kier molecular flexibility index (Phi) is 1.51. The van der Waals surface area contributed by atoms with Crippen molar-refractivity contribution in [2.45, 2.75) is 0 Å². The maximum atomic E-state index is 12.7. The Hall–Kier alpha value is -1.91. The first kappa shape index (κ1) is 7.72. The number of rotatable bonds is 1. The Balaban J connectivity index is 2.76. The summed E-state index contributed by atoms with van der Waals surface area (Å²) in [5.74, 6) is -0.978. The largest absolute Gasteiger partial charge is 0.364 e. The summed E-state index contributed by atoms with van der Waals surface area (Å²) in [6, 6.07) is 2.47. The second-order valence-electron chi connectivity index (χ2n) is 2.58. The van der Waals surface area contributed by atoms with Gasteiger partial charge in [-0.2, -0.15) is 0 Å². The van der Waals surface area contributed by atoms with Gasteiger partial charge in [0.2, 0.25) is 0 Å². The van der Waals surface area contributed by atoms with Gasteiger partial charge in [0, 0.05) is 12.3 Å². The van der Waals surface area contributed by atoms with Crippen LogP contribution in [0.2, 0.25) is 0 Å². The number of imidazole rings is 1. The number of nitrogens with two attached hydrogens (primary N) is 1. The predicted molar refractivity (Wildman–Crippen MR) is 43.7 cm³/mol. The third-order valence-electron chi connectivity index (χ3n) is 1.73. The Labute approximate surface area is 72.8 Å². The average Bonchev–Trinajstić information content (AvgIpc) is 2.46. The zero-order valence-corrected chi connectivity index (χ0v) is 6.57. The van der Waals surface area contributed by atoms with E-state index in [1.165, 1.54) is 28.9 Å². The summed E-state index contributed by atoms with van der Waals surface area (Å²) < 4.78 is 14.1. The summed E-state index contributed by atoms with van der Waals surface area (Å²) in [5, 5.41) is 0. The number of hydrogen-bond acceptors (Lipinski definition) is 2. The Morgan fingerprint density at radius 2 is 2.38 bits per heavy atom. The van der Waals surface area contributed by atoms with Crippen molar-refractivity contribution in [3.63, 3.8) is 0 Å². The van der Waals surface area contributed by atoms with E-state index < -0.39 is 11.7 Å². The third-order valence-corrected chi connectivity index (χ3v) is 1.73. The van der Waals surface area contributed by atoms with Crippen LogP contribution in [0, 0.1) is 5.82 Å². The quantitative estimate of drug-likeness (QED) is 0.695. The summed E-state index contributed by atoms with van der Waals surface area (Å²) >= 11 is 0. The molecule has 2 N–H and O–H groups in total. The summed E-state index contributed by atoms with van der Waals surface area (Å²) in [4.78, 5) is 14.7. The molecule has 2 rings (SSSR count). The third kappa shape index (κ3) is 1.14. The fourth-order valence-corrected chi connectivity index (χ4v) is 1.14. The van der Waals surface area contributed by atoms with Gasteiger partial charge < -0.3 is 5.73 Å². The molecule has 0 radical (unpaired) electrons. The summed E-state index contributed by atoms with van der Waals surface area (Å²) in [6.45, 7) is 0. The molecule has 4 nitrogen and oxygen atoms in total. The fraction of sp³-hybridized carbons (Fsp3) is 0. The molecular weight excluding hydrogens is 173 g/mol. The highest BCUT2D eigenvalue weighted by Crippen LogP contribution is 2.07. The SMILES string of the molecule is NC(=O)c1cnc2cc(F)ccn12. The van der Waals surface area contributed by atoms with Gasteiger partial charge in [0.25, 0.3) is 5.91 Å². The van der Waals surface area contributed by atoms with Crippen molar-refractivity contribution in [3.05, 3.63) is 36.0 Å². The Bertz CT molecular complexity index is 477. The van der Waals surface area contributed by atoms with Crippen LogP contribution >= 0.6 is 0 Å². The lowest BCUT2D eigenvalue weighted by Crippen LogP contribution is -2.13. The van der Waals surface area contributed by atoms with Gasteiger partial charge in [-0.3, -0.25) is 9.20 Å². The zero-order valence-electron chi connectivity index (χ0n) is 6.57. The number of amides is 1. The van der Waals surface area contributed by atoms with Crippen LogP contribution < -0.4 is 5.73 Å². The van der Waals surface area contributed by atoms with Crippen molar-refractivity contribution >= 4 is 11.6 Å². The molecule has 66 valence electrons. The van der Waals surface area contributed by atoms with Crippen LogP contribution in [0.4, 0.5) is 4.39 Å². The van der Waals surface area contributed by atoms with E-state index in [4.69, 9.17) is 5.73 Å². The molecule has 2 heterocycles. The number of primary amides is 1. The minimum absolute atomic E-state index is 0.245. The van der Waals surface area contributed by atoms with Crippen molar-refractivity contribution in [2.75, 3.05) is 0 Å². The molecule has 1 amide bonds. The normalized spacial score (nSPS) is 10.5. The fourth-order valence-electron chi connectivity index (χ4n) is 1.14. The van der Waals surface area contributed by atoms with Gasteiger partial charge in [-0.25, -0.2) is 9.37 Å². The van der Waals surface area contributed by atoms with E-state index in [2.05, 4.69) is 4.98 Å². The summed E-state index contributed by atoms with van der Waals surface area (Å²) in [5.41, 5.74) is 5.68. The van der Waals surface area contributed by atoms with Crippen molar-refractivity contribution in [2.24, 2.45) is 5.73 Å². The van der Waals surface area contributed by atoms with Gasteiger partial charge in [-0.05, 0) is 6.07 Å². The van der Waals surface area contributed by atoms with E-state index in [-0.39, 0.29) is 5.69 Å². The smallest absolute Gasteiger partial charge is 0.267 e. The molecule has 0 aliphatic heterocycles. The first-order valence-corrected chi connectivity index (χ1v) is 3.61. The number of nitrogens with zero attached hydrogens (tertiary/aromatic N) is 2. The number of aromatic nitrogens is 2. The maximum Gasteiger partial charge on any atom is 0.267 e. The van der Waals surface area contributed by atoms with Gasteiger partial charge in [0.15, 0.2) is 0 Å². The summed E-state index contributed by atoms with van der Waals surface area (Å²) in [7, 11) is 0. The minimum atomic E-state index is -0.584. The number of carbonyl (C=O) groups is 1. The molecule has 0 bridgehead atoms. The molecule has 2 aromatic heterocycles. The van der Waals surface area contributed by atoms with Crippen molar-refractivity contribution in [1.29, 1.82) is 0 Å². The lowest BCUT2D eigenvalue weighted by Gasteiger charge is -1.95. The number of fused-ring (bicyclic) bond motifs is 1. The van der Waals surface area contributed by atoms with Crippen LogP contribution in [0.1, 0.15) is 10.5 Å². The van der Waals surface area contributed by atoms with E-state index in [0.29, 0.717) is 5.65 Å². The van der Waals surface area contributed by atoms with Crippen LogP contribution in [0.5, 0.6) is 0 Å². The van der Waals surface area contributed by atoms with E-state index in [1.54, 1.807) is 0 Å². The van der Waals surface area contributed by atoms with Crippen LogP contribution in [0.15, 0.2) is 24.5 Å². The van der Waals surface area contributed by atoms with Crippen molar-refractivity contribution < 1.29 is 9.18 Å². The first-order valence-electron chi connectivity index (χ1n) is 3.61. The Morgan fingerprint density at radius 3 is 3.08 bits per heavy atom. The highest BCUT2D eigenvalue weighted by molar-refractivity contribution is 5.91. The van der Waals surface area contributed by atoms with E-state index >= 15 is 0 Å². The molecule has 0 atom stereocenters. The topological polar surface area (TPSA) is 60.4 Å². The second kappa shape index (κ2) is 2.55. The molecule has 0 fully saturated rings. The lowest BCUT2D eigenvalue weighted by molar-refractivity contribution is 0.0994. The molecule has 5 heteroatoms. The molecule has 0 spiro atoms. The molecule has 2 aromatic rings. The van der Waals surface area contributed by atoms with Crippen LogP contribution in [0.3, 0.4) is 0 Å². The van der Waals surface area contributed by atoms with Gasteiger partial charge in [-0.1, -0.05) is 0 Å². The predicted octanol–water partition coefficient (Wildman–Crippen LogP) is 0.572. The number of carbonyl (C=O) groups excluding carboxylic acids is 1. The maximum absolute atomic E-state index is 12.7. The molecule has 0 aromatic carbocycles. The monoisotopic (exact) mass is 179 g/mol. The number of pyridine rings is 1. The highest BCUT2D eigenvalue weighted by Gasteiger charge is 2.07. The number of hydrogen-bond donors (Lipinski definition) is 1. The molecule has 0 saturated heterocycles. The second-order valence-corrected chi connectivity index (χ2v) is 2.58. The molecule has 0 unspecified atom stereocenters. The minimum Gasteiger partial charge on any atom is -0.364 e. The van der Waals surface area contributed by atoms with Gasteiger partial charge in [-0.15, -0.1) is 0 Å². The van der Waals surface area contributed by atoms with Crippen LogP contribution in [0.25, 0.3) is 5.65 Å². The first-order chi connectivity index (χ1) is 6.18.